The number of piperidine rings is 1. The molecule has 0 bridgehead atoms. The maximum absolute atomic E-state index is 13.5. The molecule has 2 aromatic rings. The number of carbonyl (C=O) groups is 4. The van der Waals surface area contributed by atoms with Crippen molar-refractivity contribution in [1.82, 2.24) is 10.2 Å². The molecule has 1 fully saturated rings. The molecule has 0 aromatic heterocycles. The summed E-state index contributed by atoms with van der Waals surface area (Å²) < 4.78 is 19.0. The zero-order valence-electron chi connectivity index (χ0n) is 17.4. The monoisotopic (exact) mass is 475 g/mol. The van der Waals surface area contributed by atoms with Gasteiger partial charge in [0.1, 0.15) is 17.6 Å². The second kappa shape index (κ2) is 8.70. The second-order valence-corrected chi connectivity index (χ2v) is 8.10. The lowest BCUT2D eigenvalue weighted by molar-refractivity contribution is -0.136. The summed E-state index contributed by atoms with van der Waals surface area (Å²) in [5.41, 5.74) is 1.47. The number of methoxy groups -OCH3 is 1. The molecule has 11 heteroatoms. The van der Waals surface area contributed by atoms with Crippen molar-refractivity contribution in [3.8, 4) is 5.75 Å². The average molecular weight is 476 g/mol. The standard InChI is InChI=1S/C22H19ClFN3O6/c1-33-18-7-11(9-26(22(31)32)12-2-3-16(24)15(23)8-12)6-13-14(18)10-27(21(13)30)17-4-5-19(28)25-20(17)29/h2-3,6-8,17H,4-5,9-10H2,1H3,(H,31,32)(H,25,28,29). The number of nitrogens with zero attached hydrogens (tertiary/aromatic N) is 2. The number of carbonyl (C=O) groups excluding carboxylic acids is 3. The molecule has 2 aliphatic rings. The van der Waals surface area contributed by atoms with Crippen molar-refractivity contribution in [3.63, 3.8) is 0 Å². The van der Waals surface area contributed by atoms with Crippen molar-refractivity contribution in [1.29, 1.82) is 0 Å². The summed E-state index contributed by atoms with van der Waals surface area (Å²) in [4.78, 5) is 51.1. The zero-order valence-corrected chi connectivity index (χ0v) is 18.2. The van der Waals surface area contributed by atoms with Gasteiger partial charge < -0.3 is 14.7 Å². The van der Waals surface area contributed by atoms with E-state index in [9.17, 15) is 28.7 Å². The molecule has 0 radical (unpaired) electrons. The number of ether oxygens (including phenoxy) is 1. The fourth-order valence-corrected chi connectivity index (χ4v) is 4.24. The van der Waals surface area contributed by atoms with Crippen LogP contribution in [0.15, 0.2) is 30.3 Å². The predicted molar refractivity (Wildman–Crippen MR) is 115 cm³/mol. The molecule has 9 nitrogen and oxygen atoms in total. The van der Waals surface area contributed by atoms with Gasteiger partial charge in [0.25, 0.3) is 5.91 Å². The number of rotatable bonds is 5. The van der Waals surface area contributed by atoms with Crippen LogP contribution in [0.1, 0.15) is 34.3 Å². The van der Waals surface area contributed by atoms with Gasteiger partial charge >= 0.3 is 6.09 Å². The molecule has 2 N–H and O–H groups in total. The highest BCUT2D eigenvalue weighted by atomic mass is 35.5. The van der Waals surface area contributed by atoms with Crippen LogP contribution in [0.5, 0.6) is 5.75 Å². The molecule has 1 unspecified atom stereocenters. The van der Waals surface area contributed by atoms with E-state index in [0.29, 0.717) is 16.9 Å². The molecular weight excluding hydrogens is 457 g/mol. The van der Waals surface area contributed by atoms with Crippen LogP contribution in [0, 0.1) is 5.82 Å². The molecule has 1 saturated heterocycles. The Morgan fingerprint density at radius 1 is 1.30 bits per heavy atom. The van der Waals surface area contributed by atoms with E-state index >= 15 is 0 Å². The predicted octanol–water partition coefficient (Wildman–Crippen LogP) is 2.93. The van der Waals surface area contributed by atoms with Gasteiger partial charge in [-0.3, -0.25) is 24.6 Å². The Labute approximate surface area is 192 Å². The largest absolute Gasteiger partial charge is 0.496 e. The van der Waals surface area contributed by atoms with Gasteiger partial charge in [-0.05, 0) is 42.3 Å². The Balaban J connectivity index is 1.65. The van der Waals surface area contributed by atoms with Gasteiger partial charge in [0, 0.05) is 23.2 Å². The van der Waals surface area contributed by atoms with E-state index < -0.39 is 29.8 Å². The highest BCUT2D eigenvalue weighted by Crippen LogP contribution is 2.35. The van der Waals surface area contributed by atoms with E-state index in [1.807, 2.05) is 0 Å². The van der Waals surface area contributed by atoms with Crippen LogP contribution >= 0.6 is 11.6 Å². The molecule has 4 amide bonds. The molecule has 2 aliphatic heterocycles. The molecule has 2 heterocycles. The summed E-state index contributed by atoms with van der Waals surface area (Å²) in [5.74, 6) is -1.63. The normalized spacial score (nSPS) is 17.6. The maximum Gasteiger partial charge on any atom is 0.412 e. The highest BCUT2D eigenvalue weighted by molar-refractivity contribution is 6.31. The number of hydrogen-bond acceptors (Lipinski definition) is 5. The Kier molecular flexibility index (Phi) is 5.94. The molecule has 172 valence electrons. The van der Waals surface area contributed by atoms with Crippen LogP contribution in [-0.2, 0) is 22.7 Å². The Bertz CT molecular complexity index is 1190. The lowest BCUT2D eigenvalue weighted by atomic mass is 10.0. The number of hydrogen-bond donors (Lipinski definition) is 2. The van der Waals surface area contributed by atoms with E-state index in [1.54, 1.807) is 12.1 Å². The summed E-state index contributed by atoms with van der Waals surface area (Å²) in [6.07, 6.45) is -0.946. The Hall–Kier alpha value is -3.66. The van der Waals surface area contributed by atoms with Crippen molar-refractivity contribution in [2.24, 2.45) is 0 Å². The van der Waals surface area contributed by atoms with Gasteiger partial charge in [-0.25, -0.2) is 9.18 Å². The van der Waals surface area contributed by atoms with Crippen LogP contribution in [0.3, 0.4) is 0 Å². The topological polar surface area (TPSA) is 116 Å². The minimum absolute atomic E-state index is 0.125. The number of amides is 4. The summed E-state index contributed by atoms with van der Waals surface area (Å²) in [5, 5.41) is 11.7. The molecular formula is C22H19ClFN3O6. The van der Waals surface area contributed by atoms with Crippen LogP contribution in [0.4, 0.5) is 14.9 Å². The average Bonchev–Trinajstić information content (AvgIpc) is 3.09. The third kappa shape index (κ3) is 4.21. The van der Waals surface area contributed by atoms with Crippen LogP contribution in [-0.4, -0.2) is 47.0 Å². The number of anilines is 1. The van der Waals surface area contributed by atoms with Gasteiger partial charge in [-0.15, -0.1) is 0 Å². The van der Waals surface area contributed by atoms with Crippen molar-refractivity contribution < 1.29 is 33.4 Å². The molecule has 0 saturated carbocycles. The van der Waals surface area contributed by atoms with Gasteiger partial charge in [0.05, 0.1) is 25.2 Å². The van der Waals surface area contributed by atoms with Crippen LogP contribution in [0.25, 0.3) is 0 Å². The third-order valence-corrected chi connectivity index (χ3v) is 5.97. The molecule has 2 aromatic carbocycles. The second-order valence-electron chi connectivity index (χ2n) is 7.69. The number of carboxylic acid groups (broad SMARTS) is 1. The molecule has 0 aliphatic carbocycles. The first-order valence-corrected chi connectivity index (χ1v) is 10.4. The SMILES string of the molecule is COc1cc(CN(C(=O)O)c2ccc(F)c(Cl)c2)cc2c1CN(C1CCC(=O)NC1=O)C2=O. The van der Waals surface area contributed by atoms with Gasteiger partial charge in [0.2, 0.25) is 11.8 Å². The number of imide groups is 1. The maximum atomic E-state index is 13.5. The first-order valence-electron chi connectivity index (χ1n) is 9.99. The van der Waals surface area contributed by atoms with Crippen molar-refractivity contribution in [2.45, 2.75) is 32.0 Å². The fraction of sp³-hybridized carbons (Fsp3) is 0.273. The number of benzene rings is 2. The Morgan fingerprint density at radius 2 is 2.06 bits per heavy atom. The smallest absolute Gasteiger partial charge is 0.412 e. The molecule has 1 atom stereocenters. The van der Waals surface area contributed by atoms with E-state index in [1.165, 1.54) is 24.1 Å². The van der Waals surface area contributed by atoms with Crippen molar-refractivity contribution in [3.05, 3.63) is 57.9 Å². The molecule has 33 heavy (non-hydrogen) atoms. The van der Waals surface area contributed by atoms with Crippen molar-refractivity contribution >= 4 is 41.1 Å². The van der Waals surface area contributed by atoms with Gasteiger partial charge in [-0.2, -0.15) is 0 Å². The first-order chi connectivity index (χ1) is 15.7. The molecule has 0 spiro atoms. The first kappa shape index (κ1) is 22.5. The summed E-state index contributed by atoms with van der Waals surface area (Å²) in [6, 6.07) is 5.93. The van der Waals surface area contributed by atoms with Gasteiger partial charge in [0.15, 0.2) is 0 Å². The lowest BCUT2D eigenvalue weighted by Gasteiger charge is -2.29. The van der Waals surface area contributed by atoms with E-state index in [2.05, 4.69) is 5.32 Å². The number of fused-ring (bicyclic) bond motifs is 1. The minimum Gasteiger partial charge on any atom is -0.496 e. The minimum atomic E-state index is -1.30. The zero-order chi connectivity index (χ0) is 23.9. The lowest BCUT2D eigenvalue weighted by Crippen LogP contribution is -2.52. The summed E-state index contributed by atoms with van der Waals surface area (Å²) >= 11 is 5.80. The highest BCUT2D eigenvalue weighted by Gasteiger charge is 2.40. The number of halogens is 2. The third-order valence-electron chi connectivity index (χ3n) is 5.68. The quantitative estimate of drug-likeness (QED) is 0.642. The van der Waals surface area contributed by atoms with Crippen molar-refractivity contribution in [2.75, 3.05) is 12.0 Å². The van der Waals surface area contributed by atoms with E-state index in [-0.39, 0.29) is 48.1 Å². The van der Waals surface area contributed by atoms with Gasteiger partial charge in [-0.1, -0.05) is 11.6 Å². The number of nitrogens with one attached hydrogen (secondary N) is 1. The van der Waals surface area contributed by atoms with E-state index in [0.717, 1.165) is 11.0 Å². The van der Waals surface area contributed by atoms with Crippen LogP contribution < -0.4 is 15.0 Å². The summed E-state index contributed by atoms with van der Waals surface area (Å²) in [7, 11) is 1.42. The fourth-order valence-electron chi connectivity index (χ4n) is 4.06. The summed E-state index contributed by atoms with van der Waals surface area (Å²) in [6.45, 7) is -0.0350. The van der Waals surface area contributed by atoms with Crippen LogP contribution in [0.2, 0.25) is 5.02 Å². The van der Waals surface area contributed by atoms with E-state index in [4.69, 9.17) is 16.3 Å². The molecule has 4 rings (SSSR count). The Morgan fingerprint density at radius 3 is 2.70 bits per heavy atom.